The van der Waals surface area contributed by atoms with E-state index in [4.69, 9.17) is 14.7 Å². The molecule has 2 saturated heterocycles. The number of ether oxygens (including phenoxy) is 1. The first-order valence-electron chi connectivity index (χ1n) is 10.1. The second-order valence-corrected chi connectivity index (χ2v) is 7.68. The molecule has 0 bridgehead atoms. The second kappa shape index (κ2) is 9.87. The number of aliphatic hydroxyl groups is 1. The lowest BCUT2D eigenvalue weighted by Crippen LogP contribution is -2.41. The third kappa shape index (κ3) is 5.79. The molecule has 0 unspecified atom stereocenters. The molecule has 2 aliphatic heterocycles. The van der Waals surface area contributed by atoms with Gasteiger partial charge in [0, 0.05) is 58.1 Å². The molecule has 0 radical (unpaired) electrons. The molecule has 29 heavy (non-hydrogen) atoms. The lowest BCUT2D eigenvalue weighted by molar-refractivity contribution is 0.00415. The lowest BCUT2D eigenvalue weighted by Gasteiger charge is -2.31. The zero-order valence-corrected chi connectivity index (χ0v) is 17.0. The molecule has 0 atom stereocenters. The minimum atomic E-state index is -0.420. The van der Waals surface area contributed by atoms with Crippen molar-refractivity contribution >= 4 is 17.6 Å². The molecule has 0 spiro atoms. The first-order chi connectivity index (χ1) is 14.0. The van der Waals surface area contributed by atoms with Gasteiger partial charge in [0.2, 0.25) is 0 Å². The van der Waals surface area contributed by atoms with Crippen LogP contribution in [0.5, 0.6) is 0 Å². The number of halogens is 1. The number of pyridine rings is 1. The Balaban J connectivity index is 1.43. The van der Waals surface area contributed by atoms with Gasteiger partial charge in [0.05, 0.1) is 18.4 Å². The maximum Gasteiger partial charge on any atom is 0.410 e. The van der Waals surface area contributed by atoms with Crippen LogP contribution in [0.4, 0.5) is 15.0 Å². The van der Waals surface area contributed by atoms with Gasteiger partial charge in [-0.2, -0.15) is 0 Å². The van der Waals surface area contributed by atoms with Crippen LogP contribution < -0.4 is 4.90 Å². The summed E-state index contributed by atoms with van der Waals surface area (Å²) in [5, 5.41) is 13.4. The molecule has 1 amide bonds. The predicted molar refractivity (Wildman–Crippen MR) is 106 cm³/mol. The van der Waals surface area contributed by atoms with Crippen molar-refractivity contribution in [1.82, 2.24) is 9.88 Å². The summed E-state index contributed by atoms with van der Waals surface area (Å²) in [7, 11) is 0. The van der Waals surface area contributed by atoms with E-state index in [1.807, 2.05) is 18.7 Å². The minimum absolute atomic E-state index is 0.00577. The molecule has 0 saturated carbocycles. The van der Waals surface area contributed by atoms with Gasteiger partial charge in [0.15, 0.2) is 11.6 Å². The standard InChI is InChI=1S/C20H29FN4O4/c1-14(2)28-20(27)25-9-5-17(6-10-25)29-23-16-3-7-24(8-4-16)19-18(21)11-15(13-26)12-22-19/h11-12,14,17,26H,3-10,13H2,1-2H3. The van der Waals surface area contributed by atoms with Crippen LogP contribution in [0.1, 0.15) is 45.1 Å². The Bertz CT molecular complexity index is 725. The zero-order chi connectivity index (χ0) is 20.8. The molecule has 160 valence electrons. The molecular weight excluding hydrogens is 379 g/mol. The molecule has 9 heteroatoms. The average Bonchev–Trinajstić information content (AvgIpc) is 2.72. The van der Waals surface area contributed by atoms with E-state index in [1.165, 1.54) is 12.3 Å². The fourth-order valence-corrected chi connectivity index (χ4v) is 3.43. The van der Waals surface area contributed by atoms with Gasteiger partial charge in [-0.3, -0.25) is 0 Å². The summed E-state index contributed by atoms with van der Waals surface area (Å²) in [4.78, 5) is 25.3. The summed E-state index contributed by atoms with van der Waals surface area (Å²) < 4.78 is 19.4. The predicted octanol–water partition coefficient (Wildman–Crippen LogP) is 2.70. The van der Waals surface area contributed by atoms with E-state index in [2.05, 4.69) is 10.1 Å². The van der Waals surface area contributed by atoms with Gasteiger partial charge in [-0.05, 0) is 25.5 Å². The Morgan fingerprint density at radius 2 is 2.00 bits per heavy atom. The van der Waals surface area contributed by atoms with Crippen LogP contribution in [0, 0.1) is 5.82 Å². The quantitative estimate of drug-likeness (QED) is 0.754. The van der Waals surface area contributed by atoms with Crippen molar-refractivity contribution < 1.29 is 23.9 Å². The molecular formula is C20H29FN4O4. The van der Waals surface area contributed by atoms with Gasteiger partial charge in [0.25, 0.3) is 0 Å². The molecule has 1 aromatic heterocycles. The first kappa shape index (κ1) is 21.3. The molecule has 2 fully saturated rings. The van der Waals surface area contributed by atoms with Crippen molar-refractivity contribution in [2.45, 2.75) is 58.3 Å². The maximum atomic E-state index is 14.2. The Labute approximate surface area is 170 Å². The molecule has 8 nitrogen and oxygen atoms in total. The van der Waals surface area contributed by atoms with Crippen LogP contribution in [0.2, 0.25) is 0 Å². The third-order valence-corrected chi connectivity index (χ3v) is 5.07. The number of aromatic nitrogens is 1. The van der Waals surface area contributed by atoms with Crippen molar-refractivity contribution in [2.75, 3.05) is 31.1 Å². The second-order valence-electron chi connectivity index (χ2n) is 7.68. The van der Waals surface area contributed by atoms with Crippen LogP contribution in [0.3, 0.4) is 0 Å². The van der Waals surface area contributed by atoms with Crippen molar-refractivity contribution in [1.29, 1.82) is 0 Å². The van der Waals surface area contributed by atoms with Crippen LogP contribution in [-0.4, -0.2) is 65.2 Å². The molecule has 1 aromatic rings. The SMILES string of the molecule is CC(C)OC(=O)N1CCC(ON=C2CCN(c3ncc(CO)cc3F)CC2)CC1. The van der Waals surface area contributed by atoms with Crippen molar-refractivity contribution in [3.8, 4) is 0 Å². The van der Waals surface area contributed by atoms with Crippen LogP contribution in [0.25, 0.3) is 0 Å². The molecule has 0 aromatic carbocycles. The number of aliphatic hydroxyl groups excluding tert-OH is 1. The Morgan fingerprint density at radius 1 is 1.31 bits per heavy atom. The average molecular weight is 408 g/mol. The van der Waals surface area contributed by atoms with E-state index in [0.717, 1.165) is 18.6 Å². The highest BCUT2D eigenvalue weighted by Gasteiger charge is 2.26. The van der Waals surface area contributed by atoms with E-state index >= 15 is 0 Å². The summed E-state index contributed by atoms with van der Waals surface area (Å²) in [6.07, 6.45) is 3.91. The summed E-state index contributed by atoms with van der Waals surface area (Å²) in [6, 6.07) is 1.32. The number of amides is 1. The number of rotatable bonds is 5. The largest absolute Gasteiger partial charge is 0.447 e. The topological polar surface area (TPSA) is 87.5 Å². The first-order valence-corrected chi connectivity index (χ1v) is 10.1. The fourth-order valence-electron chi connectivity index (χ4n) is 3.43. The van der Waals surface area contributed by atoms with Gasteiger partial charge in [-0.15, -0.1) is 0 Å². The van der Waals surface area contributed by atoms with Crippen molar-refractivity contribution in [3.63, 3.8) is 0 Å². The Hall–Kier alpha value is -2.42. The van der Waals surface area contributed by atoms with E-state index < -0.39 is 5.82 Å². The monoisotopic (exact) mass is 408 g/mol. The number of nitrogens with zero attached hydrogens (tertiary/aromatic N) is 4. The van der Waals surface area contributed by atoms with Gasteiger partial charge in [-0.25, -0.2) is 14.2 Å². The number of hydrogen-bond donors (Lipinski definition) is 1. The van der Waals surface area contributed by atoms with Crippen LogP contribution in [-0.2, 0) is 16.2 Å². The van der Waals surface area contributed by atoms with Crippen molar-refractivity contribution in [3.05, 3.63) is 23.6 Å². The maximum absolute atomic E-state index is 14.2. The number of oxime groups is 1. The molecule has 2 aliphatic rings. The van der Waals surface area contributed by atoms with E-state index in [0.29, 0.717) is 50.4 Å². The molecule has 1 N–H and O–H groups in total. The zero-order valence-electron chi connectivity index (χ0n) is 17.0. The normalized spacial score (nSPS) is 18.2. The Morgan fingerprint density at radius 3 is 2.59 bits per heavy atom. The summed E-state index contributed by atoms with van der Waals surface area (Å²) in [5.41, 5.74) is 1.41. The highest BCUT2D eigenvalue weighted by molar-refractivity contribution is 5.86. The molecule has 3 heterocycles. The number of hydrogen-bond acceptors (Lipinski definition) is 7. The van der Waals surface area contributed by atoms with Crippen LogP contribution in [0.15, 0.2) is 17.4 Å². The van der Waals surface area contributed by atoms with Gasteiger partial charge in [0.1, 0.15) is 6.10 Å². The van der Waals surface area contributed by atoms with E-state index in [9.17, 15) is 9.18 Å². The summed E-state index contributed by atoms with van der Waals surface area (Å²) in [5.74, 6) is -0.112. The summed E-state index contributed by atoms with van der Waals surface area (Å²) in [6.45, 7) is 5.88. The highest BCUT2D eigenvalue weighted by Crippen LogP contribution is 2.22. The molecule has 0 aliphatic carbocycles. The van der Waals surface area contributed by atoms with Gasteiger partial charge in [-0.1, -0.05) is 5.16 Å². The number of piperidine rings is 2. The van der Waals surface area contributed by atoms with Crippen LogP contribution >= 0.6 is 0 Å². The lowest BCUT2D eigenvalue weighted by atomic mass is 10.1. The number of likely N-dealkylation sites (tertiary alicyclic amines) is 1. The summed E-state index contributed by atoms with van der Waals surface area (Å²) >= 11 is 0. The Kier molecular flexibility index (Phi) is 7.24. The van der Waals surface area contributed by atoms with Gasteiger partial charge < -0.3 is 24.5 Å². The number of anilines is 1. The highest BCUT2D eigenvalue weighted by atomic mass is 19.1. The van der Waals surface area contributed by atoms with Gasteiger partial charge >= 0.3 is 6.09 Å². The van der Waals surface area contributed by atoms with E-state index in [-0.39, 0.29) is 24.9 Å². The van der Waals surface area contributed by atoms with Crippen molar-refractivity contribution in [2.24, 2.45) is 5.16 Å². The third-order valence-electron chi connectivity index (χ3n) is 5.07. The fraction of sp³-hybridized carbons (Fsp3) is 0.650. The molecule has 3 rings (SSSR count). The number of carbonyl (C=O) groups excluding carboxylic acids is 1. The van der Waals surface area contributed by atoms with E-state index in [1.54, 1.807) is 4.90 Å². The minimum Gasteiger partial charge on any atom is -0.447 e. The number of carbonyl (C=O) groups is 1. The smallest absolute Gasteiger partial charge is 0.410 e.